The summed E-state index contributed by atoms with van der Waals surface area (Å²) in [6.07, 6.45) is 1.42. The van der Waals surface area contributed by atoms with E-state index in [0.717, 1.165) is 12.8 Å². The molecule has 0 aliphatic carbocycles. The van der Waals surface area contributed by atoms with Gasteiger partial charge in [0.2, 0.25) is 10.0 Å². The Balaban J connectivity index is 1.44. The third-order valence-electron chi connectivity index (χ3n) is 5.19. The first-order valence-electron chi connectivity index (χ1n) is 9.72. The molecular weight excluding hydrogens is 392 g/mol. The number of nitrogens with one attached hydrogen (secondary N) is 1. The molecule has 0 spiro atoms. The lowest BCUT2D eigenvalue weighted by molar-refractivity contribution is 0.0789. The monoisotopic (exact) mass is 416 g/mol. The van der Waals surface area contributed by atoms with E-state index >= 15 is 0 Å². The zero-order chi connectivity index (χ0) is 20.4. The van der Waals surface area contributed by atoms with E-state index < -0.39 is 10.0 Å². The molecular formula is C21H24N2O5S. The largest absolute Gasteiger partial charge is 0.486 e. The normalized spacial score (nSPS) is 19.1. The molecule has 0 bridgehead atoms. The number of aryl methyl sites for hydroxylation is 1. The van der Waals surface area contributed by atoms with Crippen LogP contribution in [0.1, 0.15) is 28.8 Å². The van der Waals surface area contributed by atoms with Gasteiger partial charge in [-0.25, -0.2) is 8.42 Å². The Labute approximate surface area is 170 Å². The van der Waals surface area contributed by atoms with Crippen LogP contribution in [0.4, 0.5) is 0 Å². The Morgan fingerprint density at radius 2 is 1.86 bits per heavy atom. The van der Waals surface area contributed by atoms with Crippen LogP contribution in [-0.2, 0) is 10.0 Å². The molecule has 2 heterocycles. The number of benzene rings is 2. The molecule has 1 atom stereocenters. The first kappa shape index (κ1) is 19.7. The molecule has 1 N–H and O–H groups in total. The molecule has 2 aromatic carbocycles. The fraction of sp³-hybridized carbons (Fsp3) is 0.381. The summed E-state index contributed by atoms with van der Waals surface area (Å²) in [5.41, 5.74) is 0.944. The number of hydrogen-bond acceptors (Lipinski definition) is 5. The Morgan fingerprint density at radius 3 is 2.62 bits per heavy atom. The van der Waals surface area contributed by atoms with Gasteiger partial charge < -0.3 is 14.8 Å². The highest BCUT2D eigenvalue weighted by molar-refractivity contribution is 7.89. The third kappa shape index (κ3) is 4.09. The number of amides is 1. The summed E-state index contributed by atoms with van der Waals surface area (Å²) in [5, 5.41) is 2.81. The predicted octanol–water partition coefficient (Wildman–Crippen LogP) is 2.35. The molecule has 1 fully saturated rings. The van der Waals surface area contributed by atoms with Gasteiger partial charge in [0.1, 0.15) is 12.7 Å². The number of nitrogens with zero attached hydrogens (tertiary/aromatic N) is 1. The number of carbonyl (C=O) groups excluding carboxylic acids is 1. The van der Waals surface area contributed by atoms with Gasteiger partial charge in [-0.3, -0.25) is 4.79 Å². The number of sulfonamides is 1. The van der Waals surface area contributed by atoms with Crippen LogP contribution >= 0.6 is 0 Å². The van der Waals surface area contributed by atoms with E-state index in [1.165, 1.54) is 10.4 Å². The van der Waals surface area contributed by atoms with Crippen molar-refractivity contribution in [2.75, 3.05) is 26.2 Å². The summed E-state index contributed by atoms with van der Waals surface area (Å²) in [4.78, 5) is 12.8. The number of hydrogen-bond donors (Lipinski definition) is 1. The van der Waals surface area contributed by atoms with Crippen molar-refractivity contribution in [1.82, 2.24) is 9.62 Å². The van der Waals surface area contributed by atoms with Gasteiger partial charge in [0.15, 0.2) is 11.5 Å². The fourth-order valence-electron chi connectivity index (χ4n) is 3.56. The lowest BCUT2D eigenvalue weighted by atomic mass is 10.1. The maximum absolute atomic E-state index is 12.9. The average molecular weight is 416 g/mol. The minimum absolute atomic E-state index is 0.193. The second kappa shape index (κ2) is 8.04. The number of ether oxygens (including phenoxy) is 2. The summed E-state index contributed by atoms with van der Waals surface area (Å²) < 4.78 is 38.8. The molecule has 1 saturated heterocycles. The van der Waals surface area contributed by atoms with E-state index in [0.29, 0.717) is 42.3 Å². The molecule has 2 aromatic rings. The van der Waals surface area contributed by atoms with Crippen molar-refractivity contribution < 1.29 is 22.7 Å². The topological polar surface area (TPSA) is 84.9 Å². The molecule has 2 aliphatic rings. The standard InChI is InChI=1S/C21H24N2O5S/c1-15-8-9-16(12-20(15)29(25,26)23-10-4-5-11-23)21(24)22-13-17-14-27-18-6-2-3-7-19(18)28-17/h2-3,6-9,12,17H,4-5,10-11,13-14H2,1H3,(H,22,24). The molecule has 7 nitrogen and oxygen atoms in total. The lowest BCUT2D eigenvalue weighted by Crippen LogP contribution is -2.40. The minimum Gasteiger partial charge on any atom is -0.486 e. The SMILES string of the molecule is Cc1ccc(C(=O)NCC2COc3ccccc3O2)cc1S(=O)(=O)N1CCCC1. The Morgan fingerprint density at radius 1 is 1.14 bits per heavy atom. The summed E-state index contributed by atoms with van der Waals surface area (Å²) >= 11 is 0. The maximum Gasteiger partial charge on any atom is 0.251 e. The highest BCUT2D eigenvalue weighted by Gasteiger charge is 2.29. The molecule has 2 aliphatic heterocycles. The summed E-state index contributed by atoms with van der Waals surface area (Å²) in [6, 6.07) is 12.2. The van der Waals surface area contributed by atoms with Gasteiger partial charge in [-0.2, -0.15) is 4.31 Å². The summed E-state index contributed by atoms with van der Waals surface area (Å²) in [7, 11) is -3.59. The van der Waals surface area contributed by atoms with Crippen LogP contribution in [0.5, 0.6) is 11.5 Å². The van der Waals surface area contributed by atoms with Crippen molar-refractivity contribution in [1.29, 1.82) is 0 Å². The first-order chi connectivity index (χ1) is 13.9. The second-order valence-electron chi connectivity index (χ2n) is 7.30. The van der Waals surface area contributed by atoms with Crippen LogP contribution in [0.15, 0.2) is 47.4 Å². The Bertz CT molecular complexity index is 1020. The van der Waals surface area contributed by atoms with E-state index in [1.54, 1.807) is 19.1 Å². The second-order valence-corrected chi connectivity index (χ2v) is 9.21. The van der Waals surface area contributed by atoms with Crippen LogP contribution in [0.2, 0.25) is 0 Å². The smallest absolute Gasteiger partial charge is 0.251 e. The minimum atomic E-state index is -3.59. The van der Waals surface area contributed by atoms with Gasteiger partial charge in [0, 0.05) is 18.7 Å². The zero-order valence-corrected chi connectivity index (χ0v) is 17.1. The van der Waals surface area contributed by atoms with Gasteiger partial charge in [-0.15, -0.1) is 0 Å². The van der Waals surface area contributed by atoms with Crippen LogP contribution in [0.3, 0.4) is 0 Å². The third-order valence-corrected chi connectivity index (χ3v) is 7.23. The van der Waals surface area contributed by atoms with Crippen LogP contribution in [0.25, 0.3) is 0 Å². The zero-order valence-electron chi connectivity index (χ0n) is 16.3. The number of carbonyl (C=O) groups is 1. The van der Waals surface area contributed by atoms with Crippen LogP contribution in [-0.4, -0.2) is 51.0 Å². The Hall–Kier alpha value is -2.58. The van der Waals surface area contributed by atoms with Crippen molar-refractivity contribution in [3.05, 3.63) is 53.6 Å². The molecule has 0 radical (unpaired) electrons. The molecule has 29 heavy (non-hydrogen) atoms. The first-order valence-corrected chi connectivity index (χ1v) is 11.2. The molecule has 0 aromatic heterocycles. The molecule has 0 saturated carbocycles. The lowest BCUT2D eigenvalue weighted by Gasteiger charge is -2.26. The van der Waals surface area contributed by atoms with Gasteiger partial charge in [0.25, 0.3) is 5.91 Å². The molecule has 1 unspecified atom stereocenters. The highest BCUT2D eigenvalue weighted by atomic mass is 32.2. The van der Waals surface area contributed by atoms with Gasteiger partial charge in [0.05, 0.1) is 11.4 Å². The average Bonchev–Trinajstić information content (AvgIpc) is 3.28. The van der Waals surface area contributed by atoms with Crippen molar-refractivity contribution in [2.24, 2.45) is 0 Å². The van der Waals surface area contributed by atoms with Gasteiger partial charge in [-0.05, 0) is 49.6 Å². The maximum atomic E-state index is 12.9. The summed E-state index contributed by atoms with van der Waals surface area (Å²) in [5.74, 6) is 0.989. The van der Waals surface area contributed by atoms with Crippen molar-refractivity contribution in [3.8, 4) is 11.5 Å². The highest BCUT2D eigenvalue weighted by Crippen LogP contribution is 2.30. The van der Waals surface area contributed by atoms with Crippen molar-refractivity contribution >= 4 is 15.9 Å². The molecule has 154 valence electrons. The van der Waals surface area contributed by atoms with E-state index in [-0.39, 0.29) is 23.5 Å². The number of rotatable bonds is 5. The quantitative estimate of drug-likeness (QED) is 0.809. The predicted molar refractivity (Wildman–Crippen MR) is 108 cm³/mol. The van der Waals surface area contributed by atoms with E-state index in [9.17, 15) is 13.2 Å². The molecule has 4 rings (SSSR count). The van der Waals surface area contributed by atoms with E-state index in [4.69, 9.17) is 9.47 Å². The summed E-state index contributed by atoms with van der Waals surface area (Å²) in [6.45, 7) is 3.39. The van der Waals surface area contributed by atoms with Crippen molar-refractivity contribution in [2.45, 2.75) is 30.8 Å². The number of fused-ring (bicyclic) bond motifs is 1. The molecule has 8 heteroatoms. The van der Waals surface area contributed by atoms with Crippen LogP contribution in [0, 0.1) is 6.92 Å². The molecule has 1 amide bonds. The Kier molecular flexibility index (Phi) is 5.47. The number of para-hydroxylation sites is 2. The van der Waals surface area contributed by atoms with E-state index in [2.05, 4.69) is 5.32 Å². The van der Waals surface area contributed by atoms with Crippen molar-refractivity contribution in [3.63, 3.8) is 0 Å². The van der Waals surface area contributed by atoms with Gasteiger partial charge in [-0.1, -0.05) is 18.2 Å². The van der Waals surface area contributed by atoms with Gasteiger partial charge >= 0.3 is 0 Å². The fourth-order valence-corrected chi connectivity index (χ4v) is 5.33. The van der Waals surface area contributed by atoms with Crippen LogP contribution < -0.4 is 14.8 Å². The van der Waals surface area contributed by atoms with E-state index in [1.807, 2.05) is 24.3 Å².